The minimum Gasteiger partial charge on any atom is -0.393 e. The molecule has 3 atom stereocenters. The fourth-order valence-electron chi connectivity index (χ4n) is 3.36. The number of hydrogen-bond donors (Lipinski definition) is 1. The lowest BCUT2D eigenvalue weighted by Crippen LogP contribution is -2.34. The average Bonchev–Trinajstić information content (AvgIpc) is 3.16. The molecular weight excluding hydrogens is 276 g/mol. The number of aliphatic hydroxyl groups is 1. The summed E-state index contributed by atoms with van der Waals surface area (Å²) in [5.41, 5.74) is 2.01. The van der Waals surface area contributed by atoms with E-state index in [-0.39, 0.29) is 12.1 Å². The summed E-state index contributed by atoms with van der Waals surface area (Å²) in [6.45, 7) is 5.11. The Morgan fingerprint density at radius 1 is 1.27 bits per heavy atom. The monoisotopic (exact) mass is 300 g/mol. The molecule has 0 amide bonds. The average molecular weight is 300 g/mol. The first-order valence-corrected chi connectivity index (χ1v) is 8.06. The van der Waals surface area contributed by atoms with Crippen LogP contribution in [0.25, 0.3) is 5.69 Å². The number of nitrogens with zero attached hydrogens (tertiary/aromatic N) is 4. The Labute approximate surface area is 131 Å². The van der Waals surface area contributed by atoms with Crippen LogP contribution in [0.2, 0.25) is 0 Å². The second kappa shape index (κ2) is 6.58. The largest absolute Gasteiger partial charge is 0.393 e. The zero-order valence-corrected chi connectivity index (χ0v) is 13.3. The van der Waals surface area contributed by atoms with Gasteiger partial charge in [0, 0.05) is 6.04 Å². The summed E-state index contributed by atoms with van der Waals surface area (Å²) in [5.74, 6) is 0. The molecule has 0 bridgehead atoms. The maximum atomic E-state index is 9.68. The third-order valence-corrected chi connectivity index (χ3v) is 4.49. The fourth-order valence-corrected chi connectivity index (χ4v) is 3.36. The Kier molecular flexibility index (Phi) is 4.55. The normalized spacial score (nSPS) is 21.9. The highest BCUT2D eigenvalue weighted by Gasteiger charge is 2.31. The Hall–Kier alpha value is -1.72. The minimum atomic E-state index is -0.252. The van der Waals surface area contributed by atoms with E-state index >= 15 is 0 Å². The van der Waals surface area contributed by atoms with E-state index in [9.17, 15) is 5.11 Å². The van der Waals surface area contributed by atoms with Crippen LogP contribution in [0.3, 0.4) is 0 Å². The molecule has 1 saturated heterocycles. The summed E-state index contributed by atoms with van der Waals surface area (Å²) < 4.78 is 1.82. The van der Waals surface area contributed by atoms with Gasteiger partial charge in [-0.3, -0.25) is 4.90 Å². The molecule has 3 rings (SSSR count). The molecule has 5 heteroatoms. The number of aliphatic hydroxyl groups excluding tert-OH is 1. The lowest BCUT2D eigenvalue weighted by Gasteiger charge is -2.30. The van der Waals surface area contributed by atoms with Gasteiger partial charge < -0.3 is 5.11 Å². The molecular formula is C17H24N4O. The van der Waals surface area contributed by atoms with E-state index in [1.807, 2.05) is 48.1 Å². The Bertz CT molecular complexity index is 596. The molecule has 1 fully saturated rings. The van der Waals surface area contributed by atoms with Gasteiger partial charge in [-0.2, -0.15) is 0 Å². The van der Waals surface area contributed by atoms with Gasteiger partial charge in [0.25, 0.3) is 0 Å². The van der Waals surface area contributed by atoms with E-state index in [1.165, 1.54) is 6.42 Å². The molecule has 1 N–H and O–H groups in total. The van der Waals surface area contributed by atoms with Gasteiger partial charge in [0.05, 0.1) is 24.0 Å². The van der Waals surface area contributed by atoms with Gasteiger partial charge in [-0.15, -0.1) is 5.10 Å². The van der Waals surface area contributed by atoms with Crippen LogP contribution in [0, 0.1) is 0 Å². The molecule has 22 heavy (non-hydrogen) atoms. The summed E-state index contributed by atoms with van der Waals surface area (Å²) in [4.78, 5) is 2.45. The first-order chi connectivity index (χ1) is 10.6. The molecule has 0 spiro atoms. The molecule has 5 nitrogen and oxygen atoms in total. The molecule has 2 heterocycles. The van der Waals surface area contributed by atoms with Crippen LogP contribution in [0.15, 0.2) is 36.5 Å². The highest BCUT2D eigenvalue weighted by Crippen LogP contribution is 2.30. The van der Waals surface area contributed by atoms with E-state index in [1.54, 1.807) is 0 Å². The topological polar surface area (TPSA) is 54.2 Å². The van der Waals surface area contributed by atoms with E-state index in [0.717, 1.165) is 30.8 Å². The second-order valence-electron chi connectivity index (χ2n) is 6.22. The van der Waals surface area contributed by atoms with Crippen molar-refractivity contribution in [3.05, 3.63) is 42.2 Å². The van der Waals surface area contributed by atoms with Crippen LogP contribution in [-0.4, -0.2) is 43.7 Å². The molecule has 1 aliphatic rings. The van der Waals surface area contributed by atoms with E-state index < -0.39 is 0 Å². The van der Waals surface area contributed by atoms with Crippen molar-refractivity contribution in [2.75, 3.05) is 6.54 Å². The van der Waals surface area contributed by atoms with Crippen molar-refractivity contribution in [3.63, 3.8) is 0 Å². The second-order valence-corrected chi connectivity index (χ2v) is 6.22. The Morgan fingerprint density at radius 3 is 2.77 bits per heavy atom. The maximum Gasteiger partial charge on any atom is 0.100 e. The summed E-state index contributed by atoms with van der Waals surface area (Å²) in [7, 11) is 0. The fraction of sp³-hybridized carbons (Fsp3) is 0.529. The van der Waals surface area contributed by atoms with Crippen molar-refractivity contribution >= 4 is 0 Å². The first kappa shape index (κ1) is 15.2. The van der Waals surface area contributed by atoms with Crippen LogP contribution < -0.4 is 0 Å². The number of aromatic nitrogens is 3. The summed E-state index contributed by atoms with van der Waals surface area (Å²) in [6.07, 6.45) is 4.93. The Balaban J connectivity index is 1.75. The first-order valence-electron chi connectivity index (χ1n) is 8.06. The lowest BCUT2D eigenvalue weighted by molar-refractivity contribution is 0.113. The van der Waals surface area contributed by atoms with Gasteiger partial charge in [0.15, 0.2) is 0 Å². The quantitative estimate of drug-likeness (QED) is 0.922. The highest BCUT2D eigenvalue weighted by molar-refractivity contribution is 5.30. The van der Waals surface area contributed by atoms with Crippen molar-refractivity contribution in [1.29, 1.82) is 0 Å². The van der Waals surface area contributed by atoms with Crippen molar-refractivity contribution in [1.82, 2.24) is 19.9 Å². The Morgan fingerprint density at radius 2 is 2.05 bits per heavy atom. The molecule has 1 aromatic heterocycles. The number of hydrogen-bond acceptors (Lipinski definition) is 4. The van der Waals surface area contributed by atoms with Crippen molar-refractivity contribution in [2.45, 2.75) is 51.3 Å². The van der Waals surface area contributed by atoms with Crippen LogP contribution in [-0.2, 0) is 0 Å². The van der Waals surface area contributed by atoms with Crippen LogP contribution in [0.4, 0.5) is 0 Å². The molecule has 0 saturated carbocycles. The van der Waals surface area contributed by atoms with Gasteiger partial charge in [0.1, 0.15) is 5.69 Å². The molecule has 0 radical (unpaired) electrons. The molecule has 2 aromatic rings. The number of likely N-dealkylation sites (tertiary alicyclic amines) is 1. The minimum absolute atomic E-state index is 0.226. The van der Waals surface area contributed by atoms with Crippen molar-refractivity contribution in [3.8, 4) is 5.69 Å². The predicted octanol–water partition coefficient (Wildman–Crippen LogP) is 2.56. The van der Waals surface area contributed by atoms with Gasteiger partial charge >= 0.3 is 0 Å². The smallest absolute Gasteiger partial charge is 0.100 e. The third kappa shape index (κ3) is 3.20. The van der Waals surface area contributed by atoms with Crippen LogP contribution in [0.1, 0.15) is 44.8 Å². The van der Waals surface area contributed by atoms with Gasteiger partial charge in [-0.05, 0) is 51.8 Å². The number of rotatable bonds is 5. The van der Waals surface area contributed by atoms with Crippen LogP contribution >= 0.6 is 0 Å². The number of benzene rings is 1. The molecule has 0 aliphatic carbocycles. The zero-order valence-electron chi connectivity index (χ0n) is 13.3. The van der Waals surface area contributed by atoms with Gasteiger partial charge in [0.2, 0.25) is 0 Å². The molecule has 1 aromatic carbocycles. The van der Waals surface area contributed by atoms with E-state index in [2.05, 4.69) is 22.1 Å². The summed E-state index contributed by atoms with van der Waals surface area (Å²) >= 11 is 0. The molecule has 3 unspecified atom stereocenters. The number of para-hydroxylation sites is 1. The van der Waals surface area contributed by atoms with Crippen molar-refractivity contribution in [2.24, 2.45) is 0 Å². The van der Waals surface area contributed by atoms with Crippen LogP contribution in [0.5, 0.6) is 0 Å². The summed E-state index contributed by atoms with van der Waals surface area (Å²) in [6, 6.07) is 10.7. The predicted molar refractivity (Wildman–Crippen MR) is 85.8 cm³/mol. The SMILES string of the molecule is CC(O)CC1CCCN1C(C)c1cn(-c2ccccc2)nn1. The van der Waals surface area contributed by atoms with Gasteiger partial charge in [-0.1, -0.05) is 23.4 Å². The summed E-state index contributed by atoms with van der Waals surface area (Å²) in [5, 5.41) is 18.3. The van der Waals surface area contributed by atoms with Crippen molar-refractivity contribution < 1.29 is 5.11 Å². The van der Waals surface area contributed by atoms with E-state index in [4.69, 9.17) is 0 Å². The standard InChI is InChI=1S/C17H24N4O/c1-13(22)11-16-9-6-10-20(16)14(2)17-12-21(19-18-17)15-7-4-3-5-8-15/h3-5,7-8,12-14,16,22H,6,9-11H2,1-2H3. The van der Waals surface area contributed by atoms with E-state index in [0.29, 0.717) is 6.04 Å². The maximum absolute atomic E-state index is 9.68. The molecule has 118 valence electrons. The zero-order chi connectivity index (χ0) is 15.5. The van der Waals surface area contributed by atoms with Gasteiger partial charge in [-0.25, -0.2) is 4.68 Å². The molecule has 1 aliphatic heterocycles. The third-order valence-electron chi connectivity index (χ3n) is 4.49. The lowest BCUT2D eigenvalue weighted by atomic mass is 10.1. The highest BCUT2D eigenvalue weighted by atomic mass is 16.3.